The van der Waals surface area contributed by atoms with Gasteiger partial charge in [-0.25, -0.2) is 22.0 Å². The predicted molar refractivity (Wildman–Crippen MR) is 63.8 cm³/mol. The number of anilines is 1. The molecule has 104 valence electrons. The molecule has 1 aromatic rings. The molecule has 2 rings (SSSR count). The van der Waals surface area contributed by atoms with Crippen LogP contribution >= 0.6 is 11.8 Å². The Hall–Kier alpha value is -1.31. The number of amidine groups is 1. The molecule has 1 aliphatic rings. The highest BCUT2D eigenvalue weighted by Gasteiger charge is 2.30. The van der Waals surface area contributed by atoms with Gasteiger partial charge in [-0.15, -0.1) is 0 Å². The van der Waals surface area contributed by atoms with E-state index >= 15 is 0 Å². The average molecular weight is 296 g/mol. The molecule has 0 saturated carbocycles. The second-order valence-corrected chi connectivity index (χ2v) is 5.55. The van der Waals surface area contributed by atoms with Gasteiger partial charge in [0.1, 0.15) is 5.69 Å². The number of rotatable bonds is 1. The molecule has 0 spiro atoms. The van der Waals surface area contributed by atoms with Crippen molar-refractivity contribution in [2.75, 3.05) is 11.1 Å². The van der Waals surface area contributed by atoms with Crippen molar-refractivity contribution in [3.8, 4) is 0 Å². The lowest BCUT2D eigenvalue weighted by Crippen LogP contribution is -2.16. The van der Waals surface area contributed by atoms with Crippen LogP contribution in [-0.4, -0.2) is 16.5 Å². The monoisotopic (exact) mass is 296 g/mol. The Morgan fingerprint density at radius 2 is 1.42 bits per heavy atom. The molecule has 2 nitrogen and oxygen atoms in total. The van der Waals surface area contributed by atoms with Gasteiger partial charge in [0.25, 0.3) is 0 Å². The van der Waals surface area contributed by atoms with E-state index in [9.17, 15) is 22.0 Å². The molecule has 8 heteroatoms. The van der Waals surface area contributed by atoms with E-state index in [1.807, 2.05) is 0 Å². The van der Waals surface area contributed by atoms with Crippen LogP contribution in [0.25, 0.3) is 0 Å². The maximum absolute atomic E-state index is 13.4. The first-order valence-electron chi connectivity index (χ1n) is 5.24. The second kappa shape index (κ2) is 4.66. The summed E-state index contributed by atoms with van der Waals surface area (Å²) in [6.45, 7) is 3.57. The Kier molecular flexibility index (Phi) is 3.46. The molecule has 1 aliphatic heterocycles. The van der Waals surface area contributed by atoms with Crippen LogP contribution in [0.15, 0.2) is 4.99 Å². The number of thioether (sulfide) groups is 1. The standard InChI is InChI=1S/C11H9F5N2S/c1-11(2)3-19-10(18-11)17-9-7(15)5(13)4(12)6(14)8(9)16/h3H2,1-2H3,(H,17,18). The molecule has 0 bridgehead atoms. The minimum Gasteiger partial charge on any atom is -0.330 e. The van der Waals surface area contributed by atoms with Gasteiger partial charge in [0.2, 0.25) is 5.82 Å². The van der Waals surface area contributed by atoms with Crippen LogP contribution in [0.2, 0.25) is 0 Å². The summed E-state index contributed by atoms with van der Waals surface area (Å²) in [5.41, 5.74) is -1.53. The SMILES string of the molecule is CC1(C)CSC(Nc2c(F)c(F)c(F)c(F)c2F)=N1. The van der Waals surface area contributed by atoms with Gasteiger partial charge >= 0.3 is 0 Å². The van der Waals surface area contributed by atoms with Crippen molar-refractivity contribution in [2.45, 2.75) is 19.4 Å². The van der Waals surface area contributed by atoms with Gasteiger partial charge < -0.3 is 5.32 Å². The molecule has 1 N–H and O–H groups in total. The lowest BCUT2D eigenvalue weighted by Gasteiger charge is -2.10. The molecule has 0 aliphatic carbocycles. The van der Waals surface area contributed by atoms with Crippen molar-refractivity contribution in [3.63, 3.8) is 0 Å². The van der Waals surface area contributed by atoms with Gasteiger partial charge in [0.15, 0.2) is 28.4 Å². The fraction of sp³-hybridized carbons (Fsp3) is 0.364. The fourth-order valence-corrected chi connectivity index (χ4v) is 2.51. The lowest BCUT2D eigenvalue weighted by molar-refractivity contribution is 0.382. The zero-order valence-corrected chi connectivity index (χ0v) is 10.8. The van der Waals surface area contributed by atoms with E-state index in [0.717, 1.165) is 11.8 Å². The van der Waals surface area contributed by atoms with Crippen LogP contribution in [0.1, 0.15) is 13.8 Å². The summed E-state index contributed by atoms with van der Waals surface area (Å²) in [7, 11) is 0. The molecule has 19 heavy (non-hydrogen) atoms. The summed E-state index contributed by atoms with van der Waals surface area (Å²) in [6, 6.07) is 0. The van der Waals surface area contributed by atoms with Gasteiger partial charge in [-0.2, -0.15) is 0 Å². The van der Waals surface area contributed by atoms with Crippen molar-refractivity contribution in [3.05, 3.63) is 29.1 Å². The quantitative estimate of drug-likeness (QED) is 0.486. The van der Waals surface area contributed by atoms with Crippen LogP contribution in [0.5, 0.6) is 0 Å². The maximum atomic E-state index is 13.4. The Bertz CT molecular complexity index is 542. The minimum absolute atomic E-state index is 0.119. The fourth-order valence-electron chi connectivity index (χ4n) is 1.47. The first kappa shape index (κ1) is 14.1. The smallest absolute Gasteiger partial charge is 0.200 e. The number of benzene rings is 1. The lowest BCUT2D eigenvalue weighted by atomic mass is 10.1. The number of hydrogen-bond acceptors (Lipinski definition) is 3. The van der Waals surface area contributed by atoms with Crippen LogP contribution in [0, 0.1) is 29.1 Å². The van der Waals surface area contributed by atoms with Crippen molar-refractivity contribution in [1.29, 1.82) is 0 Å². The highest BCUT2D eigenvalue weighted by atomic mass is 32.2. The summed E-state index contributed by atoms with van der Waals surface area (Å²) in [5, 5.41) is 2.28. The molecule has 0 radical (unpaired) electrons. The molecule has 1 aromatic carbocycles. The number of halogens is 5. The molecule has 0 amide bonds. The summed E-state index contributed by atoms with van der Waals surface area (Å²) < 4.78 is 65.6. The van der Waals surface area contributed by atoms with E-state index in [1.165, 1.54) is 0 Å². The third kappa shape index (κ3) is 2.54. The zero-order chi connectivity index (χ0) is 14.4. The molecule has 0 atom stereocenters. The van der Waals surface area contributed by atoms with Crippen LogP contribution < -0.4 is 5.32 Å². The van der Waals surface area contributed by atoms with Gasteiger partial charge in [-0.1, -0.05) is 11.8 Å². The van der Waals surface area contributed by atoms with E-state index in [2.05, 4.69) is 10.3 Å². The summed E-state index contributed by atoms with van der Waals surface area (Å²) >= 11 is 1.14. The number of nitrogens with one attached hydrogen (secondary N) is 1. The molecular formula is C11H9F5N2S. The molecule has 0 unspecified atom stereocenters. The van der Waals surface area contributed by atoms with Crippen LogP contribution in [-0.2, 0) is 0 Å². The Morgan fingerprint density at radius 1 is 0.947 bits per heavy atom. The van der Waals surface area contributed by atoms with E-state index in [-0.39, 0.29) is 5.17 Å². The van der Waals surface area contributed by atoms with Crippen molar-refractivity contribution in [1.82, 2.24) is 0 Å². The van der Waals surface area contributed by atoms with E-state index in [0.29, 0.717) is 5.75 Å². The van der Waals surface area contributed by atoms with Crippen LogP contribution in [0.3, 0.4) is 0 Å². The summed E-state index contributed by atoms with van der Waals surface area (Å²) in [5.74, 6) is -9.39. The van der Waals surface area contributed by atoms with E-state index in [4.69, 9.17) is 0 Å². The largest absolute Gasteiger partial charge is 0.330 e. The molecular weight excluding hydrogens is 287 g/mol. The first-order valence-corrected chi connectivity index (χ1v) is 6.22. The van der Waals surface area contributed by atoms with Gasteiger partial charge in [-0.3, -0.25) is 4.99 Å². The maximum Gasteiger partial charge on any atom is 0.200 e. The molecule has 0 fully saturated rings. The highest BCUT2D eigenvalue weighted by Crippen LogP contribution is 2.31. The summed E-state index contributed by atoms with van der Waals surface area (Å²) in [6.07, 6.45) is 0. The Morgan fingerprint density at radius 3 is 1.84 bits per heavy atom. The van der Waals surface area contributed by atoms with Crippen molar-refractivity contribution >= 4 is 22.6 Å². The van der Waals surface area contributed by atoms with E-state index in [1.54, 1.807) is 13.8 Å². The minimum atomic E-state index is -2.18. The molecule has 1 heterocycles. The van der Waals surface area contributed by atoms with Gasteiger partial charge in [0, 0.05) is 5.75 Å². The topological polar surface area (TPSA) is 24.4 Å². The summed E-state index contributed by atoms with van der Waals surface area (Å²) in [4.78, 5) is 4.08. The first-order chi connectivity index (χ1) is 8.73. The Labute approximate surface area is 110 Å². The van der Waals surface area contributed by atoms with Gasteiger partial charge in [0.05, 0.1) is 5.54 Å². The number of nitrogens with zero attached hydrogens (tertiary/aromatic N) is 1. The average Bonchev–Trinajstić information content (AvgIpc) is 2.69. The normalized spacial score (nSPS) is 17.5. The third-order valence-corrected chi connectivity index (χ3v) is 3.73. The van der Waals surface area contributed by atoms with Crippen molar-refractivity contribution < 1.29 is 22.0 Å². The van der Waals surface area contributed by atoms with E-state index < -0.39 is 40.3 Å². The third-order valence-electron chi connectivity index (χ3n) is 2.41. The highest BCUT2D eigenvalue weighted by molar-refractivity contribution is 8.14. The van der Waals surface area contributed by atoms with Crippen molar-refractivity contribution in [2.24, 2.45) is 4.99 Å². The van der Waals surface area contributed by atoms with Gasteiger partial charge in [-0.05, 0) is 13.8 Å². The molecule has 0 aromatic heterocycles. The number of hydrogen-bond donors (Lipinski definition) is 1. The number of aliphatic imine (C=N–C) groups is 1. The Balaban J connectivity index is 2.42. The van der Waals surface area contributed by atoms with Crippen LogP contribution in [0.4, 0.5) is 27.6 Å². The molecule has 0 saturated heterocycles. The zero-order valence-electron chi connectivity index (χ0n) is 9.95. The second-order valence-electron chi connectivity index (χ2n) is 4.59. The predicted octanol–water partition coefficient (Wildman–Crippen LogP) is 3.68.